The SMILES string of the molecule is O=C(O)[C@@H](CS)n1ccc2c(nnc3c(-c4ccc(Cl)cc4)cnn32)c1=O. The lowest BCUT2D eigenvalue weighted by Gasteiger charge is -2.13. The molecule has 10 heteroatoms. The summed E-state index contributed by atoms with van der Waals surface area (Å²) >= 11 is 9.94. The monoisotopic (exact) mass is 401 g/mol. The van der Waals surface area contributed by atoms with Crippen LogP contribution in [-0.2, 0) is 4.79 Å². The first-order valence-corrected chi connectivity index (χ1v) is 8.87. The molecule has 0 fully saturated rings. The maximum Gasteiger partial charge on any atom is 0.327 e. The fourth-order valence-electron chi connectivity index (χ4n) is 2.87. The molecule has 0 aliphatic rings. The van der Waals surface area contributed by atoms with Crippen molar-refractivity contribution >= 4 is 46.9 Å². The minimum absolute atomic E-state index is 0.0289. The zero-order valence-electron chi connectivity index (χ0n) is 13.7. The number of fused-ring (bicyclic) bond motifs is 3. The third-order valence-electron chi connectivity index (χ3n) is 4.24. The Hall–Kier alpha value is -2.91. The number of rotatable bonds is 4. The first kappa shape index (κ1) is 17.5. The van der Waals surface area contributed by atoms with Crippen LogP contribution in [0.3, 0.4) is 0 Å². The van der Waals surface area contributed by atoms with Gasteiger partial charge in [0.1, 0.15) is 11.6 Å². The summed E-state index contributed by atoms with van der Waals surface area (Å²) in [6, 6.07) is 7.70. The number of aliphatic carboxylic acids is 1. The fourth-order valence-corrected chi connectivity index (χ4v) is 3.33. The van der Waals surface area contributed by atoms with Gasteiger partial charge in [-0.15, -0.1) is 10.2 Å². The molecular weight excluding hydrogens is 390 g/mol. The van der Waals surface area contributed by atoms with E-state index in [4.69, 9.17) is 11.6 Å². The van der Waals surface area contributed by atoms with Gasteiger partial charge >= 0.3 is 5.97 Å². The van der Waals surface area contributed by atoms with E-state index in [0.29, 0.717) is 16.2 Å². The molecular formula is C17H12ClN5O3S. The van der Waals surface area contributed by atoms with Crippen LogP contribution in [0.4, 0.5) is 0 Å². The first-order chi connectivity index (χ1) is 13.0. The smallest absolute Gasteiger partial charge is 0.327 e. The van der Waals surface area contributed by atoms with Crippen molar-refractivity contribution in [2.75, 3.05) is 5.75 Å². The normalized spacial score (nSPS) is 12.5. The van der Waals surface area contributed by atoms with E-state index in [0.717, 1.165) is 15.7 Å². The number of hydrogen-bond donors (Lipinski definition) is 2. The first-order valence-electron chi connectivity index (χ1n) is 7.86. The topological polar surface area (TPSA) is 102 Å². The summed E-state index contributed by atoms with van der Waals surface area (Å²) in [5.74, 6) is -1.18. The van der Waals surface area contributed by atoms with Gasteiger partial charge in [0, 0.05) is 22.5 Å². The zero-order valence-corrected chi connectivity index (χ0v) is 15.3. The van der Waals surface area contributed by atoms with Crippen LogP contribution in [-0.4, -0.2) is 41.2 Å². The summed E-state index contributed by atoms with van der Waals surface area (Å²) in [7, 11) is 0. The van der Waals surface area contributed by atoms with Crippen LogP contribution in [0.2, 0.25) is 5.02 Å². The van der Waals surface area contributed by atoms with Gasteiger partial charge in [-0.25, -0.2) is 9.31 Å². The largest absolute Gasteiger partial charge is 0.480 e. The van der Waals surface area contributed by atoms with Gasteiger partial charge in [-0.3, -0.25) is 9.36 Å². The second kappa shape index (κ2) is 6.67. The number of hydrogen-bond acceptors (Lipinski definition) is 6. The molecule has 3 aromatic heterocycles. The molecule has 4 rings (SSSR count). The number of thiol groups is 1. The van der Waals surface area contributed by atoms with Crippen molar-refractivity contribution in [2.45, 2.75) is 6.04 Å². The van der Waals surface area contributed by atoms with E-state index in [1.807, 2.05) is 12.1 Å². The molecule has 0 spiro atoms. The van der Waals surface area contributed by atoms with Crippen molar-refractivity contribution in [3.05, 3.63) is 58.1 Å². The summed E-state index contributed by atoms with van der Waals surface area (Å²) in [6.45, 7) is 0. The number of aromatic nitrogens is 5. The number of halogens is 1. The average Bonchev–Trinajstić information content (AvgIpc) is 3.09. The molecule has 8 nitrogen and oxygen atoms in total. The molecule has 0 saturated heterocycles. The maximum atomic E-state index is 12.7. The summed E-state index contributed by atoms with van der Waals surface area (Å²) < 4.78 is 2.59. The molecule has 0 saturated carbocycles. The van der Waals surface area contributed by atoms with Gasteiger partial charge in [0.2, 0.25) is 0 Å². The van der Waals surface area contributed by atoms with Crippen molar-refractivity contribution in [3.63, 3.8) is 0 Å². The molecule has 0 bridgehead atoms. The molecule has 136 valence electrons. The van der Waals surface area contributed by atoms with Crippen molar-refractivity contribution in [1.82, 2.24) is 24.4 Å². The van der Waals surface area contributed by atoms with Crippen LogP contribution in [0.25, 0.3) is 27.8 Å². The highest BCUT2D eigenvalue weighted by Gasteiger charge is 2.21. The average molecular weight is 402 g/mol. The van der Waals surface area contributed by atoms with E-state index in [1.165, 1.54) is 10.7 Å². The number of carbonyl (C=O) groups is 1. The molecule has 4 aromatic rings. The third-order valence-corrected chi connectivity index (χ3v) is 4.84. The lowest BCUT2D eigenvalue weighted by molar-refractivity contribution is -0.140. The number of benzene rings is 1. The van der Waals surface area contributed by atoms with Gasteiger partial charge in [0.15, 0.2) is 11.2 Å². The highest BCUT2D eigenvalue weighted by Crippen LogP contribution is 2.25. The number of nitrogens with zero attached hydrogens (tertiary/aromatic N) is 5. The molecule has 3 heterocycles. The summed E-state index contributed by atoms with van der Waals surface area (Å²) in [5.41, 5.74) is 1.98. The van der Waals surface area contributed by atoms with Crippen LogP contribution in [0.1, 0.15) is 6.04 Å². The zero-order chi connectivity index (χ0) is 19.1. The van der Waals surface area contributed by atoms with E-state index in [-0.39, 0.29) is 11.3 Å². The molecule has 1 aromatic carbocycles. The predicted octanol–water partition coefficient (Wildman–Crippen LogP) is 2.32. The van der Waals surface area contributed by atoms with Gasteiger partial charge in [-0.05, 0) is 23.8 Å². The fraction of sp³-hybridized carbons (Fsp3) is 0.118. The summed E-state index contributed by atoms with van der Waals surface area (Å²) in [4.78, 5) is 24.0. The highest BCUT2D eigenvalue weighted by molar-refractivity contribution is 7.80. The number of carboxylic acid groups (broad SMARTS) is 1. The Morgan fingerprint density at radius 3 is 2.63 bits per heavy atom. The van der Waals surface area contributed by atoms with E-state index < -0.39 is 17.6 Å². The molecule has 0 aliphatic carbocycles. The van der Waals surface area contributed by atoms with Crippen molar-refractivity contribution in [2.24, 2.45) is 0 Å². The van der Waals surface area contributed by atoms with Gasteiger partial charge < -0.3 is 5.11 Å². The Kier molecular flexibility index (Phi) is 4.33. The molecule has 1 atom stereocenters. The molecule has 0 amide bonds. The summed E-state index contributed by atoms with van der Waals surface area (Å²) in [5, 5.41) is 22.4. The van der Waals surface area contributed by atoms with Crippen molar-refractivity contribution in [3.8, 4) is 11.1 Å². The molecule has 27 heavy (non-hydrogen) atoms. The molecule has 0 radical (unpaired) electrons. The standard InChI is InChI=1S/C17H12ClN5O3S/c18-10-3-1-9(2-4-10)11-7-19-23-12-5-6-22(13(8-27)17(25)26)16(24)14(12)20-21-15(11)23/h1-7,13,27H,8H2,(H,25,26)/t13-/m1/s1. The quantitative estimate of drug-likeness (QED) is 0.509. The van der Waals surface area contributed by atoms with Crippen molar-refractivity contribution in [1.29, 1.82) is 0 Å². The second-order valence-corrected chi connectivity index (χ2v) is 6.60. The minimum Gasteiger partial charge on any atom is -0.480 e. The third kappa shape index (κ3) is 2.84. The lowest BCUT2D eigenvalue weighted by atomic mass is 10.1. The van der Waals surface area contributed by atoms with Gasteiger partial charge in [0.25, 0.3) is 5.56 Å². The number of pyridine rings is 1. The Morgan fingerprint density at radius 2 is 1.96 bits per heavy atom. The number of carboxylic acids is 1. The molecule has 1 N–H and O–H groups in total. The van der Waals surface area contributed by atoms with Crippen LogP contribution >= 0.6 is 24.2 Å². The van der Waals surface area contributed by atoms with Gasteiger partial charge in [0.05, 0.1) is 6.20 Å². The predicted molar refractivity (Wildman–Crippen MR) is 104 cm³/mol. The van der Waals surface area contributed by atoms with Crippen LogP contribution < -0.4 is 5.56 Å². The Balaban J connectivity index is 1.93. The Labute approximate surface area is 162 Å². The van der Waals surface area contributed by atoms with E-state index in [9.17, 15) is 14.7 Å². The van der Waals surface area contributed by atoms with E-state index in [1.54, 1.807) is 24.4 Å². The minimum atomic E-state index is -1.15. The van der Waals surface area contributed by atoms with Gasteiger partial charge in [-0.1, -0.05) is 23.7 Å². The van der Waals surface area contributed by atoms with Gasteiger partial charge in [-0.2, -0.15) is 17.7 Å². The second-order valence-electron chi connectivity index (χ2n) is 5.80. The lowest BCUT2D eigenvalue weighted by Crippen LogP contribution is -2.31. The van der Waals surface area contributed by atoms with E-state index >= 15 is 0 Å². The Bertz CT molecular complexity index is 1240. The van der Waals surface area contributed by atoms with E-state index in [2.05, 4.69) is 27.9 Å². The van der Waals surface area contributed by atoms with Crippen LogP contribution in [0.5, 0.6) is 0 Å². The maximum absolute atomic E-state index is 12.7. The molecule has 0 aliphatic heterocycles. The Morgan fingerprint density at radius 1 is 1.22 bits per heavy atom. The highest BCUT2D eigenvalue weighted by atomic mass is 35.5. The van der Waals surface area contributed by atoms with Crippen LogP contribution in [0, 0.1) is 0 Å². The van der Waals surface area contributed by atoms with Crippen molar-refractivity contribution < 1.29 is 9.90 Å². The summed E-state index contributed by atoms with van der Waals surface area (Å²) in [6.07, 6.45) is 3.04. The van der Waals surface area contributed by atoms with Crippen LogP contribution in [0.15, 0.2) is 47.5 Å². The molecule has 0 unspecified atom stereocenters.